The molecule has 0 saturated carbocycles. The Morgan fingerprint density at radius 3 is 2.58 bits per heavy atom. The molecule has 2 N–H and O–H groups in total. The fourth-order valence-corrected chi connectivity index (χ4v) is 4.00. The van der Waals surface area contributed by atoms with E-state index in [0.717, 1.165) is 5.56 Å². The van der Waals surface area contributed by atoms with Crippen LogP contribution in [0.5, 0.6) is 0 Å². The molecule has 2 heterocycles. The Balaban J connectivity index is 1.57. The molecule has 8 heteroatoms. The Morgan fingerprint density at radius 2 is 1.90 bits per heavy atom. The molecule has 1 aliphatic rings. The number of aliphatic hydroxyl groups is 1. The van der Waals surface area contributed by atoms with E-state index < -0.39 is 23.4 Å². The van der Waals surface area contributed by atoms with Gasteiger partial charge in [0.15, 0.2) is 0 Å². The van der Waals surface area contributed by atoms with Gasteiger partial charge in [0, 0.05) is 19.2 Å². The third-order valence-corrected chi connectivity index (χ3v) is 5.63. The summed E-state index contributed by atoms with van der Waals surface area (Å²) >= 11 is 0. The molecular weight excluding hydrogens is 401 g/mol. The van der Waals surface area contributed by atoms with Gasteiger partial charge in [-0.3, -0.25) is 9.59 Å². The molecule has 4 rings (SSSR count). The number of aliphatic hydroxyl groups excluding tert-OH is 1. The number of piperidine rings is 1. The first kappa shape index (κ1) is 20.7. The summed E-state index contributed by atoms with van der Waals surface area (Å²) < 4.78 is 18.9. The number of carbonyl (C=O) groups is 2. The molecular formula is C23H22FN3O4. The molecule has 0 aliphatic carbocycles. The lowest BCUT2D eigenvalue weighted by Crippen LogP contribution is -2.62. The van der Waals surface area contributed by atoms with E-state index >= 15 is 0 Å². The van der Waals surface area contributed by atoms with Gasteiger partial charge in [0.25, 0.3) is 5.91 Å². The molecule has 0 unspecified atom stereocenters. The van der Waals surface area contributed by atoms with Crippen molar-refractivity contribution in [2.24, 2.45) is 0 Å². The largest absolute Gasteiger partial charge is 0.388 e. The number of hydrogen-bond donors (Lipinski definition) is 2. The lowest BCUT2D eigenvalue weighted by atomic mass is 9.78. The minimum Gasteiger partial charge on any atom is -0.388 e. The summed E-state index contributed by atoms with van der Waals surface area (Å²) in [6, 6.07) is 16.7. The van der Waals surface area contributed by atoms with Gasteiger partial charge >= 0.3 is 0 Å². The highest BCUT2D eigenvalue weighted by Crippen LogP contribution is 2.34. The molecule has 31 heavy (non-hydrogen) atoms. The highest BCUT2D eigenvalue weighted by molar-refractivity contribution is 5.91. The van der Waals surface area contributed by atoms with E-state index in [9.17, 15) is 19.1 Å². The quantitative estimate of drug-likeness (QED) is 0.657. The molecule has 7 nitrogen and oxygen atoms in total. The number of hydrogen-bond acceptors (Lipinski definition) is 5. The van der Waals surface area contributed by atoms with Crippen molar-refractivity contribution in [3.05, 3.63) is 89.6 Å². The zero-order valence-electron chi connectivity index (χ0n) is 16.7. The zero-order chi connectivity index (χ0) is 21.8. The van der Waals surface area contributed by atoms with Gasteiger partial charge in [0.2, 0.25) is 11.7 Å². The van der Waals surface area contributed by atoms with Crippen molar-refractivity contribution < 1.29 is 23.6 Å². The highest BCUT2D eigenvalue weighted by Gasteiger charge is 2.46. The van der Waals surface area contributed by atoms with Gasteiger partial charge in [0.05, 0.1) is 24.3 Å². The number of benzene rings is 2. The Kier molecular flexibility index (Phi) is 5.81. The van der Waals surface area contributed by atoms with Crippen LogP contribution < -0.4 is 5.32 Å². The van der Waals surface area contributed by atoms with E-state index in [1.807, 2.05) is 30.3 Å². The molecule has 1 aromatic heterocycles. The number of carbonyl (C=O) groups excluding carboxylic acids is 2. The Labute approximate surface area is 178 Å². The Morgan fingerprint density at radius 1 is 1.16 bits per heavy atom. The number of nitrogens with one attached hydrogen (secondary N) is 1. The SMILES string of the molecule is O=C(Cc1ccccc1F)N[C@]1(c2ccccc2)CCN(C(=O)c2ccno2)C[C@H]1O. The van der Waals surface area contributed by atoms with Crippen LogP contribution in [0.1, 0.15) is 28.1 Å². The lowest BCUT2D eigenvalue weighted by Gasteiger charge is -2.46. The topological polar surface area (TPSA) is 95.7 Å². The van der Waals surface area contributed by atoms with Crippen molar-refractivity contribution in [1.29, 1.82) is 0 Å². The van der Waals surface area contributed by atoms with E-state index in [1.54, 1.807) is 18.2 Å². The van der Waals surface area contributed by atoms with Gasteiger partial charge < -0.3 is 19.8 Å². The predicted octanol–water partition coefficient (Wildman–Crippen LogP) is 2.27. The summed E-state index contributed by atoms with van der Waals surface area (Å²) in [6.45, 7) is 0.278. The number of β-amino-alcohol motifs (C(OH)–C–C–N with tert-alkyl or cyclic N) is 1. The number of halogens is 1. The highest BCUT2D eigenvalue weighted by atomic mass is 19.1. The van der Waals surface area contributed by atoms with E-state index in [2.05, 4.69) is 10.5 Å². The number of rotatable bonds is 5. The molecule has 1 fully saturated rings. The average molecular weight is 423 g/mol. The van der Waals surface area contributed by atoms with Crippen LogP contribution >= 0.6 is 0 Å². The van der Waals surface area contributed by atoms with Crippen LogP contribution in [0.2, 0.25) is 0 Å². The molecule has 0 radical (unpaired) electrons. The molecule has 160 valence electrons. The second-order valence-electron chi connectivity index (χ2n) is 7.55. The van der Waals surface area contributed by atoms with E-state index in [4.69, 9.17) is 4.52 Å². The summed E-state index contributed by atoms with van der Waals surface area (Å²) in [7, 11) is 0. The number of nitrogens with zero attached hydrogens (tertiary/aromatic N) is 2. The van der Waals surface area contributed by atoms with Crippen LogP contribution in [0.15, 0.2) is 71.4 Å². The molecule has 1 aliphatic heterocycles. The minimum atomic E-state index is -1.11. The Hall–Kier alpha value is -3.52. The molecule has 0 bridgehead atoms. The maximum absolute atomic E-state index is 14.0. The van der Waals surface area contributed by atoms with Gasteiger partial charge in [-0.2, -0.15) is 0 Å². The van der Waals surface area contributed by atoms with Crippen LogP contribution in [-0.4, -0.2) is 46.2 Å². The third kappa shape index (κ3) is 4.20. The van der Waals surface area contributed by atoms with Gasteiger partial charge in [0.1, 0.15) is 5.82 Å². The predicted molar refractivity (Wildman–Crippen MR) is 109 cm³/mol. The van der Waals surface area contributed by atoms with E-state index in [1.165, 1.54) is 23.2 Å². The Bertz CT molecular complexity index is 1060. The molecule has 3 aromatic rings. The number of aromatic nitrogens is 1. The normalized spacial score (nSPS) is 21.0. The fraction of sp³-hybridized carbons (Fsp3) is 0.261. The van der Waals surface area contributed by atoms with E-state index in [-0.39, 0.29) is 43.2 Å². The first-order valence-electron chi connectivity index (χ1n) is 9.97. The average Bonchev–Trinajstić information content (AvgIpc) is 3.32. The van der Waals surface area contributed by atoms with Crippen molar-refractivity contribution in [1.82, 2.24) is 15.4 Å². The smallest absolute Gasteiger partial charge is 0.292 e. The maximum Gasteiger partial charge on any atom is 0.292 e. The summed E-state index contributed by atoms with van der Waals surface area (Å²) in [5.74, 6) is -1.17. The van der Waals surface area contributed by atoms with Crippen molar-refractivity contribution >= 4 is 11.8 Å². The fourth-order valence-electron chi connectivity index (χ4n) is 4.00. The zero-order valence-corrected chi connectivity index (χ0v) is 16.7. The van der Waals surface area contributed by atoms with Crippen LogP contribution in [0, 0.1) is 5.82 Å². The monoisotopic (exact) mass is 423 g/mol. The summed E-state index contributed by atoms with van der Waals surface area (Å²) in [5.41, 5.74) is -0.117. The number of amides is 2. The first-order valence-corrected chi connectivity index (χ1v) is 9.97. The molecule has 1 saturated heterocycles. The third-order valence-electron chi connectivity index (χ3n) is 5.63. The van der Waals surface area contributed by atoms with Crippen LogP contribution in [0.4, 0.5) is 4.39 Å². The minimum absolute atomic E-state index is 0.00555. The number of likely N-dealkylation sites (tertiary alicyclic amines) is 1. The summed E-state index contributed by atoms with van der Waals surface area (Å²) in [6.07, 6.45) is 0.417. The van der Waals surface area contributed by atoms with Crippen molar-refractivity contribution in [3.63, 3.8) is 0 Å². The molecule has 2 aromatic carbocycles. The second-order valence-corrected chi connectivity index (χ2v) is 7.55. The lowest BCUT2D eigenvalue weighted by molar-refractivity contribution is -0.126. The van der Waals surface area contributed by atoms with Gasteiger partial charge in [-0.05, 0) is 23.6 Å². The van der Waals surface area contributed by atoms with Gasteiger partial charge in [-0.25, -0.2) is 4.39 Å². The molecule has 2 amide bonds. The maximum atomic E-state index is 14.0. The van der Waals surface area contributed by atoms with Crippen LogP contribution in [0.25, 0.3) is 0 Å². The van der Waals surface area contributed by atoms with Gasteiger partial charge in [-0.15, -0.1) is 0 Å². The summed E-state index contributed by atoms with van der Waals surface area (Å²) in [4.78, 5) is 26.9. The van der Waals surface area contributed by atoms with Crippen LogP contribution in [-0.2, 0) is 16.8 Å². The van der Waals surface area contributed by atoms with E-state index in [0.29, 0.717) is 0 Å². The molecule has 0 spiro atoms. The molecule has 2 atom stereocenters. The standard InChI is InChI=1S/C23H22FN3O4/c24-18-9-5-4-6-16(18)14-21(29)26-23(17-7-2-1-3-8-17)11-13-27(15-20(23)28)22(30)19-10-12-25-31-19/h1-10,12,20,28H,11,13-15H2,(H,26,29)/t20-,23+/m1/s1. The summed E-state index contributed by atoms with van der Waals surface area (Å²) in [5, 5.41) is 17.6. The van der Waals surface area contributed by atoms with Crippen molar-refractivity contribution in [2.45, 2.75) is 24.5 Å². The van der Waals surface area contributed by atoms with Crippen molar-refractivity contribution in [3.8, 4) is 0 Å². The van der Waals surface area contributed by atoms with Crippen molar-refractivity contribution in [2.75, 3.05) is 13.1 Å². The van der Waals surface area contributed by atoms with Gasteiger partial charge in [-0.1, -0.05) is 53.7 Å². The van der Waals surface area contributed by atoms with Crippen LogP contribution in [0.3, 0.4) is 0 Å². The first-order chi connectivity index (χ1) is 15.0. The second kappa shape index (κ2) is 8.69.